The van der Waals surface area contributed by atoms with Crippen LogP contribution in [0.4, 0.5) is 17.7 Å². The number of hydrogen-bond donors (Lipinski definition) is 12. The number of ether oxygens (including phenoxy) is 5. The van der Waals surface area contributed by atoms with Crippen molar-refractivity contribution in [2.24, 2.45) is 7.05 Å². The summed E-state index contributed by atoms with van der Waals surface area (Å²) in [5.74, 6) is -0.904. The fourth-order valence-corrected chi connectivity index (χ4v) is 13.1. The maximum Gasteiger partial charge on any atom is 0.490 e. The highest BCUT2D eigenvalue weighted by molar-refractivity contribution is 7.66. The number of rotatable bonds is 21. The minimum atomic E-state index is -6.23. The molecule has 9 heterocycles. The number of anilines is 3. The zero-order valence-electron chi connectivity index (χ0n) is 42.3. The molecule has 9 rings (SSSR count). The van der Waals surface area contributed by atoms with Crippen LogP contribution in [0.1, 0.15) is 22.8 Å². The normalized spacial score (nSPS) is 30.7. The van der Waals surface area contributed by atoms with Crippen molar-refractivity contribution >= 4 is 82.5 Å². The van der Waals surface area contributed by atoms with Crippen molar-refractivity contribution in [2.75, 3.05) is 57.8 Å². The Balaban J connectivity index is 0.888. The van der Waals surface area contributed by atoms with Gasteiger partial charge in [-0.2, -0.15) is 13.6 Å². The van der Waals surface area contributed by atoms with E-state index in [0.29, 0.717) is 0 Å². The Morgan fingerprint density at radius 2 is 1.30 bits per heavy atom. The van der Waals surface area contributed by atoms with Crippen molar-refractivity contribution < 1.29 is 112 Å². The number of hydrogen-bond acceptors (Lipinski definition) is 29. The number of imidazole rings is 3. The van der Waals surface area contributed by atoms with Gasteiger partial charge in [0.1, 0.15) is 66.8 Å². The van der Waals surface area contributed by atoms with Crippen LogP contribution >= 0.6 is 31.3 Å². The molecule has 0 aliphatic carbocycles. The van der Waals surface area contributed by atoms with E-state index in [1.807, 2.05) is 0 Å². The Morgan fingerprint density at radius 1 is 0.714 bits per heavy atom. The van der Waals surface area contributed by atoms with Gasteiger partial charge in [-0.15, -0.1) is 0 Å². The first-order chi connectivity index (χ1) is 37.4. The summed E-state index contributed by atoms with van der Waals surface area (Å²) in [5.41, 5.74) is 9.24. The van der Waals surface area contributed by atoms with Crippen molar-refractivity contribution in [3.63, 3.8) is 0 Å². The lowest BCUT2D eigenvalue weighted by Crippen LogP contribution is -2.46. The molecule has 0 saturated carbocycles. The van der Waals surface area contributed by atoms with Gasteiger partial charge in [-0.05, 0) is 0 Å². The minimum absolute atomic E-state index is 0.00923. The molecule has 3 saturated heterocycles. The fraction of sp³-hybridized carbons (Fsp3) is 0.559. The molecule has 3 aliphatic heterocycles. The summed E-state index contributed by atoms with van der Waals surface area (Å²) >= 11 is 0. The van der Waals surface area contributed by atoms with Crippen molar-refractivity contribution in [1.82, 2.24) is 53.6 Å². The summed E-state index contributed by atoms with van der Waals surface area (Å²) in [6, 6.07) is 0. The van der Waals surface area contributed by atoms with Gasteiger partial charge in [-0.3, -0.25) is 51.4 Å². The average Bonchev–Trinajstić information content (AvgIpc) is 4.39. The lowest BCUT2D eigenvalue weighted by Gasteiger charge is -2.26. The molecule has 422 valence electrons. The lowest BCUT2D eigenvalue weighted by molar-refractivity contribution is -0.745. The van der Waals surface area contributed by atoms with Crippen molar-refractivity contribution in [3.05, 3.63) is 46.0 Å². The Hall–Kier alpha value is -5.15. The molecule has 16 atom stereocenters. The molecule has 0 radical (unpaired) electrons. The van der Waals surface area contributed by atoms with E-state index in [2.05, 4.69) is 53.8 Å². The number of phosphoric ester groups is 3. The number of phosphoric acid groups is 4. The first-order valence-corrected chi connectivity index (χ1v) is 27.7. The van der Waals surface area contributed by atoms with Crippen LogP contribution in [0.15, 0.2) is 34.9 Å². The van der Waals surface area contributed by atoms with Crippen molar-refractivity contribution in [3.8, 4) is 0 Å². The Morgan fingerprint density at radius 3 is 1.96 bits per heavy atom. The van der Waals surface area contributed by atoms with Gasteiger partial charge in [0.05, 0.1) is 39.5 Å². The number of methoxy groups -OCH3 is 2. The molecular weight excluding hydrogens is 1130 g/mol. The van der Waals surface area contributed by atoms with E-state index in [4.69, 9.17) is 57.4 Å². The first-order valence-electron chi connectivity index (χ1n) is 23.3. The molecule has 77 heavy (non-hydrogen) atoms. The third-order valence-corrected chi connectivity index (χ3v) is 17.1. The van der Waals surface area contributed by atoms with Crippen molar-refractivity contribution in [2.45, 2.75) is 73.6 Å². The molecule has 0 amide bonds. The minimum Gasteiger partial charge on any atom is -0.387 e. The molecule has 14 N–H and O–H groups in total. The largest absolute Gasteiger partial charge is 0.490 e. The van der Waals surface area contributed by atoms with Gasteiger partial charge in [0.25, 0.3) is 17.1 Å². The Labute approximate surface area is 432 Å². The van der Waals surface area contributed by atoms with Gasteiger partial charge < -0.3 is 75.4 Å². The number of nitrogens with two attached hydrogens (primary N) is 2. The summed E-state index contributed by atoms with van der Waals surface area (Å²) < 4.78 is 138. The number of H-pyrrole nitrogens is 2. The second-order valence-corrected chi connectivity index (χ2v) is 22.8. The number of nitrogen functional groups attached to an aromatic ring is 2. The van der Waals surface area contributed by atoms with Crippen LogP contribution < -0.4 is 32.5 Å². The van der Waals surface area contributed by atoms with Gasteiger partial charge >= 0.3 is 36.9 Å². The molecule has 0 aromatic carbocycles. The Kier molecular flexibility index (Phi) is 14.7. The summed E-state index contributed by atoms with van der Waals surface area (Å²) in [5, 5.41) is 35.1. The number of aliphatic hydroxyl groups excluding tert-OH is 3. The summed E-state index contributed by atoms with van der Waals surface area (Å²) in [7, 11) is -20.0. The van der Waals surface area contributed by atoms with Crippen LogP contribution in [-0.2, 0) is 75.7 Å². The molecular formula is C34H48N15O24P4+. The second kappa shape index (κ2) is 21.5. The molecule has 7 unspecified atom stereocenters. The number of nitrogens with one attached hydrogen (secondary N) is 3. The lowest BCUT2D eigenvalue weighted by atomic mass is 10.1. The number of aromatic nitrogens is 12. The fourth-order valence-electron chi connectivity index (χ4n) is 8.64. The monoisotopic (exact) mass is 1180 g/mol. The zero-order chi connectivity index (χ0) is 58.2. The smallest absolute Gasteiger partial charge is 0.387 e. The molecule has 3 fully saturated rings. The predicted octanol–water partition coefficient (Wildman–Crippen LogP) is -3.60. The highest BCUT2D eigenvalue weighted by Gasteiger charge is 2.54. The van der Waals surface area contributed by atoms with E-state index in [-0.39, 0.29) is 51.2 Å². The maximum atomic E-state index is 13.8. The van der Waals surface area contributed by atoms with Gasteiger partial charge in [-0.25, -0.2) is 42.8 Å². The zero-order valence-corrected chi connectivity index (χ0v) is 42.9. The first kappa shape index (κ1) is 52.5. The second-order valence-electron chi connectivity index (χ2n) is 16.8. The van der Waals surface area contributed by atoms with E-state index in [9.17, 15) is 62.7 Å². The quantitative estimate of drug-likeness (QED) is 0.0245. The highest BCUT2D eigenvalue weighted by atomic mass is 31.3. The molecule has 39 nitrogen and oxygen atoms in total. The van der Waals surface area contributed by atoms with E-state index < -0.39 is 143 Å². The van der Waals surface area contributed by atoms with Crippen LogP contribution in [0.25, 0.3) is 33.5 Å². The van der Waals surface area contributed by atoms with Crippen LogP contribution in [0.2, 0.25) is 0 Å². The molecule has 3 aliphatic rings. The summed E-state index contributed by atoms with van der Waals surface area (Å²) in [6.07, 6.45) is -15.4. The highest BCUT2D eigenvalue weighted by Crippen LogP contribution is 2.68. The number of aromatic amines is 2. The molecule has 0 spiro atoms. The van der Waals surface area contributed by atoms with Gasteiger partial charge in [0.2, 0.25) is 17.7 Å². The Bertz CT molecular complexity index is 3630. The summed E-state index contributed by atoms with van der Waals surface area (Å²) in [4.78, 5) is 96.3. The standard InChI is InChI=1S/C34H47N15O24P4/c1-37-24-15-25(39-8-38-24)47(9-40-15)32-23(64-4)22(71-74(55,56)65-5-12-18(50)19(51)30(68-12)48-10-41-16-26(48)42-33(35)44-28(16)53)14(70-32)7-67-76(59,60)73-77(61,62)72-75(57,58)66-6-13-21(63-3)20(52)31(69-13)49-11-46(2)17-27(49)43-34(36)45-29(17)54/h8-14,18-23,30-32,50-52H,5-7H2,1-4H3,(H10-,35,36,37,38,39,42,43,44,45,53,54,55,56,57,58,59,60,61,62)/p+1/t12-,13-,14-,18?,19+,20?,21+,22?,23+,30-,31-,32-/m1/s1/i1D3. The van der Waals surface area contributed by atoms with E-state index in [0.717, 1.165) is 42.3 Å². The van der Waals surface area contributed by atoms with Crippen LogP contribution in [0.3, 0.4) is 0 Å². The maximum absolute atomic E-state index is 13.8. The molecule has 43 heteroatoms. The van der Waals surface area contributed by atoms with Crippen molar-refractivity contribution in [1.29, 1.82) is 0 Å². The molecule has 6 aromatic rings. The third kappa shape index (κ3) is 11.4. The SMILES string of the molecule is [2H]C([2H])([2H])Nc1ncnc2c1ncn2[C@@H]1O[C@H](COP(=O)(O)OP(=O)(O)OP(=O)(O)OC[C@H]2O[C@@H]([n+]3cn(C)c4c(=O)[nH]c(N)nc43)C(O)[C@H]2OC)C(OP(=O)(O)OC[C@H]2O[C@@H](n3cnc4c(=O)[nH]c(N)nc43)[C@@H](O)C2O)[C@@H]1OC. The number of aliphatic hydroxyl groups is 3. The third-order valence-electron chi connectivity index (χ3n) is 11.9. The van der Waals surface area contributed by atoms with Crippen LogP contribution in [-0.4, -0.2) is 184 Å². The topological polar surface area (TPSA) is 537 Å². The number of fused-ring (bicyclic) bond motifs is 3. The van der Waals surface area contributed by atoms with Gasteiger partial charge in [0.15, 0.2) is 41.4 Å². The average molecular weight is 1180 g/mol. The molecule has 0 bridgehead atoms. The number of nitrogens with zero attached hydrogens (tertiary/aromatic N) is 10. The summed E-state index contributed by atoms with van der Waals surface area (Å²) in [6.45, 7) is -6.15. The van der Waals surface area contributed by atoms with Gasteiger partial charge in [0, 0.05) is 25.3 Å². The van der Waals surface area contributed by atoms with E-state index in [1.54, 1.807) is 0 Å². The van der Waals surface area contributed by atoms with E-state index >= 15 is 0 Å². The van der Waals surface area contributed by atoms with Gasteiger partial charge in [-0.1, -0.05) is 4.98 Å². The number of aryl methyl sites for hydroxylation is 1. The van der Waals surface area contributed by atoms with Crippen LogP contribution in [0.5, 0.6) is 0 Å². The predicted molar refractivity (Wildman–Crippen MR) is 249 cm³/mol. The van der Waals surface area contributed by atoms with Crippen LogP contribution in [0, 0.1) is 0 Å². The van der Waals surface area contributed by atoms with E-state index in [1.165, 1.54) is 22.5 Å². The molecule has 6 aromatic heterocycles.